The lowest BCUT2D eigenvalue weighted by Crippen LogP contribution is -2.33. The van der Waals surface area contributed by atoms with E-state index in [4.69, 9.17) is 0 Å². The quantitative estimate of drug-likeness (QED) is 0.565. The summed E-state index contributed by atoms with van der Waals surface area (Å²) in [5.74, 6) is 0.134. The first-order chi connectivity index (χ1) is 11.2. The maximum absolute atomic E-state index is 13.0. The number of nitrogens with zero attached hydrogens (tertiary/aromatic N) is 1. The molecular weight excluding hydrogens is 354 g/mol. The van der Waals surface area contributed by atoms with E-state index in [1.54, 1.807) is 0 Å². The number of benzene rings is 2. The van der Waals surface area contributed by atoms with Crippen molar-refractivity contribution in [1.29, 1.82) is 0 Å². The van der Waals surface area contributed by atoms with Crippen molar-refractivity contribution in [2.75, 3.05) is 4.90 Å². The van der Waals surface area contributed by atoms with E-state index in [0.29, 0.717) is 5.69 Å². The minimum Gasteiger partial charge on any atom is -0.274 e. The monoisotopic (exact) mass is 367 g/mol. The Hall–Kier alpha value is -1.94. The Bertz CT molecular complexity index is 873. The van der Waals surface area contributed by atoms with Gasteiger partial charge in [-0.05, 0) is 35.8 Å². The van der Waals surface area contributed by atoms with E-state index in [2.05, 4.69) is 28.1 Å². The van der Waals surface area contributed by atoms with Gasteiger partial charge in [0.25, 0.3) is 0 Å². The maximum atomic E-state index is 13.0. The molecule has 2 amide bonds. The molecule has 0 aromatic heterocycles. The van der Waals surface area contributed by atoms with Crippen LogP contribution in [0.3, 0.4) is 0 Å². The molecule has 2 aliphatic carbocycles. The van der Waals surface area contributed by atoms with Gasteiger partial charge in [0.05, 0.1) is 17.5 Å². The number of anilines is 1. The Kier molecular flexibility index (Phi) is 2.66. The molecule has 1 heterocycles. The highest BCUT2D eigenvalue weighted by molar-refractivity contribution is 9.10. The molecule has 0 N–H and O–H groups in total. The standard InChI is InChI=1S/C19H14BrNO2/c20-14-7-8-15(13-4-2-1-3-12(13)14)21-18(22)16-10-5-6-11(9-10)17(16)19(21)23/h1-8,10-11,16-17H,9H2/t10-,11+,16-,17+. The molecule has 5 rings (SSSR count). The van der Waals surface area contributed by atoms with Gasteiger partial charge in [-0.15, -0.1) is 0 Å². The molecule has 1 saturated carbocycles. The average molecular weight is 368 g/mol. The van der Waals surface area contributed by atoms with Crippen molar-refractivity contribution in [2.24, 2.45) is 23.7 Å². The van der Waals surface area contributed by atoms with Crippen LogP contribution in [-0.4, -0.2) is 11.8 Å². The number of hydrogen-bond donors (Lipinski definition) is 0. The molecule has 0 spiro atoms. The van der Waals surface area contributed by atoms with Gasteiger partial charge in [-0.1, -0.05) is 52.3 Å². The van der Waals surface area contributed by atoms with Gasteiger partial charge < -0.3 is 0 Å². The van der Waals surface area contributed by atoms with Crippen molar-refractivity contribution < 1.29 is 9.59 Å². The molecule has 2 fully saturated rings. The van der Waals surface area contributed by atoms with E-state index in [-0.39, 0.29) is 35.5 Å². The maximum Gasteiger partial charge on any atom is 0.238 e. The molecule has 4 heteroatoms. The van der Waals surface area contributed by atoms with E-state index in [9.17, 15) is 9.59 Å². The normalized spacial score (nSPS) is 31.4. The van der Waals surface area contributed by atoms with E-state index in [1.165, 1.54) is 4.90 Å². The third-order valence-electron chi connectivity index (χ3n) is 5.56. The second kappa shape index (κ2) is 4.54. The summed E-state index contributed by atoms with van der Waals surface area (Å²) in [7, 11) is 0. The van der Waals surface area contributed by atoms with Gasteiger partial charge in [0.2, 0.25) is 11.8 Å². The summed E-state index contributed by atoms with van der Waals surface area (Å²) in [4.78, 5) is 27.4. The first-order valence-corrected chi connectivity index (χ1v) is 8.69. The number of rotatable bonds is 1. The predicted molar refractivity (Wildman–Crippen MR) is 91.9 cm³/mol. The van der Waals surface area contributed by atoms with Crippen LogP contribution < -0.4 is 4.90 Å². The number of allylic oxidation sites excluding steroid dienone is 2. The second-order valence-corrected chi connectivity index (χ2v) is 7.48. The van der Waals surface area contributed by atoms with Crippen molar-refractivity contribution in [3.8, 4) is 0 Å². The molecule has 3 nitrogen and oxygen atoms in total. The topological polar surface area (TPSA) is 37.4 Å². The minimum absolute atomic E-state index is 0.0238. The number of imide groups is 1. The lowest BCUT2D eigenvalue weighted by Gasteiger charge is -2.19. The summed E-state index contributed by atoms with van der Waals surface area (Å²) in [5, 5.41) is 1.95. The highest BCUT2D eigenvalue weighted by Crippen LogP contribution is 2.53. The van der Waals surface area contributed by atoms with Gasteiger partial charge in [0.1, 0.15) is 0 Å². The van der Waals surface area contributed by atoms with E-state index >= 15 is 0 Å². The molecule has 2 aromatic rings. The molecule has 0 unspecified atom stereocenters. The molecule has 0 radical (unpaired) electrons. The van der Waals surface area contributed by atoms with Crippen molar-refractivity contribution in [1.82, 2.24) is 0 Å². The lowest BCUT2D eigenvalue weighted by molar-refractivity contribution is -0.123. The second-order valence-electron chi connectivity index (χ2n) is 6.62. The zero-order valence-corrected chi connectivity index (χ0v) is 13.9. The van der Waals surface area contributed by atoms with Crippen LogP contribution in [0.5, 0.6) is 0 Å². The molecule has 1 saturated heterocycles. The predicted octanol–water partition coefficient (Wildman–Crippen LogP) is 3.91. The summed E-state index contributed by atoms with van der Waals surface area (Å²) in [6.07, 6.45) is 5.21. The molecule has 2 bridgehead atoms. The number of fused-ring (bicyclic) bond motifs is 6. The summed E-state index contributed by atoms with van der Waals surface area (Å²) >= 11 is 3.55. The fourth-order valence-corrected chi connectivity index (χ4v) is 5.06. The summed E-state index contributed by atoms with van der Waals surface area (Å²) in [6.45, 7) is 0. The SMILES string of the molecule is O=C1[C@@H]2[C@H](C(=O)N1c1ccc(Br)c3ccccc13)[C@@H]1C=C[C@H]2C1. The Labute approximate surface area is 142 Å². The highest BCUT2D eigenvalue weighted by Gasteiger charge is 2.59. The number of carbonyl (C=O) groups is 2. The minimum atomic E-state index is -0.153. The van der Waals surface area contributed by atoms with Gasteiger partial charge in [-0.2, -0.15) is 0 Å². The Morgan fingerprint density at radius 1 is 0.870 bits per heavy atom. The van der Waals surface area contributed by atoms with Gasteiger partial charge in [-0.3, -0.25) is 9.59 Å². The molecule has 4 atom stereocenters. The average Bonchev–Trinajstić information content (AvgIpc) is 3.24. The number of carbonyl (C=O) groups excluding carboxylic acids is 2. The van der Waals surface area contributed by atoms with Gasteiger partial charge in [-0.25, -0.2) is 4.90 Å². The number of hydrogen-bond acceptors (Lipinski definition) is 2. The smallest absolute Gasteiger partial charge is 0.238 e. The third-order valence-corrected chi connectivity index (χ3v) is 6.25. The number of amides is 2. The zero-order chi connectivity index (χ0) is 15.7. The van der Waals surface area contributed by atoms with Gasteiger partial charge in [0.15, 0.2) is 0 Å². The van der Waals surface area contributed by atoms with Crippen LogP contribution >= 0.6 is 15.9 Å². The highest BCUT2D eigenvalue weighted by atomic mass is 79.9. The first-order valence-electron chi connectivity index (χ1n) is 7.90. The molecule has 1 aliphatic heterocycles. The van der Waals surface area contributed by atoms with Gasteiger partial charge >= 0.3 is 0 Å². The van der Waals surface area contributed by atoms with Crippen molar-refractivity contribution >= 4 is 44.2 Å². The first kappa shape index (κ1) is 13.5. The Morgan fingerprint density at radius 3 is 2.13 bits per heavy atom. The van der Waals surface area contributed by atoms with Crippen LogP contribution in [-0.2, 0) is 9.59 Å². The van der Waals surface area contributed by atoms with E-state index in [1.807, 2.05) is 36.4 Å². The summed E-state index contributed by atoms with van der Waals surface area (Å²) < 4.78 is 0.970. The van der Waals surface area contributed by atoms with Crippen LogP contribution in [0.2, 0.25) is 0 Å². The molecule has 2 aromatic carbocycles. The Balaban J connectivity index is 1.68. The fourth-order valence-electron chi connectivity index (χ4n) is 4.58. The van der Waals surface area contributed by atoms with Crippen LogP contribution in [0.1, 0.15) is 6.42 Å². The van der Waals surface area contributed by atoms with Crippen LogP contribution in [0, 0.1) is 23.7 Å². The fraction of sp³-hybridized carbons (Fsp3) is 0.263. The lowest BCUT2D eigenvalue weighted by atomic mass is 9.85. The Morgan fingerprint density at radius 2 is 1.48 bits per heavy atom. The molecule has 114 valence electrons. The van der Waals surface area contributed by atoms with E-state index < -0.39 is 0 Å². The van der Waals surface area contributed by atoms with E-state index in [0.717, 1.165) is 21.7 Å². The zero-order valence-electron chi connectivity index (χ0n) is 12.3. The summed E-state index contributed by atoms with van der Waals surface area (Å²) in [6, 6.07) is 11.7. The van der Waals surface area contributed by atoms with Crippen molar-refractivity contribution in [2.45, 2.75) is 6.42 Å². The van der Waals surface area contributed by atoms with Crippen molar-refractivity contribution in [3.05, 3.63) is 53.0 Å². The third kappa shape index (κ3) is 1.65. The molecule has 23 heavy (non-hydrogen) atoms. The number of halogens is 1. The van der Waals surface area contributed by atoms with Crippen molar-refractivity contribution in [3.63, 3.8) is 0 Å². The molecule has 3 aliphatic rings. The summed E-state index contributed by atoms with van der Waals surface area (Å²) in [5.41, 5.74) is 0.715. The largest absolute Gasteiger partial charge is 0.274 e. The molecular formula is C19H14BrNO2. The van der Waals surface area contributed by atoms with Crippen LogP contribution in [0.4, 0.5) is 5.69 Å². The van der Waals surface area contributed by atoms with Gasteiger partial charge in [0, 0.05) is 9.86 Å². The van der Waals surface area contributed by atoms with Crippen LogP contribution in [0.25, 0.3) is 10.8 Å². The van der Waals surface area contributed by atoms with Crippen LogP contribution in [0.15, 0.2) is 53.0 Å².